The van der Waals surface area contributed by atoms with Gasteiger partial charge in [0.15, 0.2) is 0 Å². The van der Waals surface area contributed by atoms with Gasteiger partial charge in [-0.15, -0.1) is 11.3 Å². The minimum Gasteiger partial charge on any atom is -0.394 e. The smallest absolute Gasteiger partial charge is 0.271 e. The zero-order chi connectivity index (χ0) is 15.4. The van der Waals surface area contributed by atoms with Gasteiger partial charge in [-0.2, -0.15) is 0 Å². The summed E-state index contributed by atoms with van der Waals surface area (Å²) < 4.78 is 0. The van der Waals surface area contributed by atoms with Crippen LogP contribution in [0.15, 0.2) is 29.6 Å². The molecule has 0 saturated heterocycles. The normalized spacial score (nSPS) is 11.9. The summed E-state index contributed by atoms with van der Waals surface area (Å²) in [6.45, 7) is 1.51. The molecule has 0 aliphatic rings. The van der Waals surface area contributed by atoms with Gasteiger partial charge in [-0.3, -0.25) is 14.9 Å². The number of aliphatic hydroxyl groups is 1. The van der Waals surface area contributed by atoms with Gasteiger partial charge in [0.05, 0.1) is 11.5 Å². The number of benzene rings is 1. The highest BCUT2D eigenvalue weighted by molar-refractivity contribution is 7.13. The third kappa shape index (κ3) is 3.61. The zero-order valence-electron chi connectivity index (χ0n) is 11.1. The standard InChI is InChI=1S/C13H13N3O4S/c1-8(6-17)14-12(18)11-7-21-13(15-11)9-3-2-4-10(5-9)16(19)20/h2-5,7-8,17H,6H2,1H3,(H,14,18). The van der Waals surface area contributed by atoms with Crippen LogP contribution >= 0.6 is 11.3 Å². The summed E-state index contributed by atoms with van der Waals surface area (Å²) in [5, 5.41) is 24.3. The lowest BCUT2D eigenvalue weighted by Gasteiger charge is -2.08. The highest BCUT2D eigenvalue weighted by Gasteiger charge is 2.15. The van der Waals surface area contributed by atoms with Crippen molar-refractivity contribution in [3.8, 4) is 10.6 Å². The number of hydrogen-bond donors (Lipinski definition) is 2. The number of nitro benzene ring substituents is 1. The van der Waals surface area contributed by atoms with Gasteiger partial charge in [0.25, 0.3) is 11.6 Å². The monoisotopic (exact) mass is 307 g/mol. The fourth-order valence-electron chi connectivity index (χ4n) is 1.61. The molecule has 2 rings (SSSR count). The van der Waals surface area contributed by atoms with E-state index >= 15 is 0 Å². The first kappa shape index (κ1) is 15.1. The Morgan fingerprint density at radius 1 is 1.57 bits per heavy atom. The highest BCUT2D eigenvalue weighted by atomic mass is 32.1. The van der Waals surface area contributed by atoms with Crippen LogP contribution in [0.25, 0.3) is 10.6 Å². The average Bonchev–Trinajstić information content (AvgIpc) is 2.97. The molecule has 1 amide bonds. The van der Waals surface area contributed by atoms with E-state index < -0.39 is 4.92 Å². The predicted molar refractivity (Wildman–Crippen MR) is 78.2 cm³/mol. The van der Waals surface area contributed by atoms with Gasteiger partial charge < -0.3 is 10.4 Å². The van der Waals surface area contributed by atoms with Crippen LogP contribution in [0.4, 0.5) is 5.69 Å². The van der Waals surface area contributed by atoms with Crippen molar-refractivity contribution in [1.82, 2.24) is 10.3 Å². The van der Waals surface area contributed by atoms with E-state index in [2.05, 4.69) is 10.3 Å². The molecule has 110 valence electrons. The third-order valence-corrected chi connectivity index (χ3v) is 3.58. The van der Waals surface area contributed by atoms with Crippen LogP contribution in [0.5, 0.6) is 0 Å². The van der Waals surface area contributed by atoms with Crippen molar-refractivity contribution >= 4 is 22.9 Å². The highest BCUT2D eigenvalue weighted by Crippen LogP contribution is 2.26. The number of nitro groups is 1. The van der Waals surface area contributed by atoms with Crippen molar-refractivity contribution in [3.63, 3.8) is 0 Å². The number of rotatable bonds is 5. The Bertz CT molecular complexity index is 671. The second kappa shape index (κ2) is 6.42. The summed E-state index contributed by atoms with van der Waals surface area (Å²) in [7, 11) is 0. The summed E-state index contributed by atoms with van der Waals surface area (Å²) in [6.07, 6.45) is 0. The van der Waals surface area contributed by atoms with Crippen LogP contribution in [-0.2, 0) is 0 Å². The first-order chi connectivity index (χ1) is 10.0. The third-order valence-electron chi connectivity index (χ3n) is 2.69. The van der Waals surface area contributed by atoms with Crippen LogP contribution in [0, 0.1) is 10.1 Å². The predicted octanol–water partition coefficient (Wildman–Crippen LogP) is 1.83. The number of nitrogens with zero attached hydrogens (tertiary/aromatic N) is 2. The molecule has 0 spiro atoms. The van der Waals surface area contributed by atoms with Crippen molar-refractivity contribution in [2.45, 2.75) is 13.0 Å². The molecule has 1 heterocycles. The van der Waals surface area contributed by atoms with Gasteiger partial charge in [-0.05, 0) is 6.92 Å². The summed E-state index contributed by atoms with van der Waals surface area (Å²) in [5.74, 6) is -0.385. The lowest BCUT2D eigenvalue weighted by molar-refractivity contribution is -0.384. The van der Waals surface area contributed by atoms with Gasteiger partial charge in [-0.1, -0.05) is 12.1 Å². The Hall–Kier alpha value is -2.32. The first-order valence-corrected chi connectivity index (χ1v) is 7.01. The van der Waals surface area contributed by atoms with Crippen LogP contribution in [-0.4, -0.2) is 33.6 Å². The van der Waals surface area contributed by atoms with E-state index in [1.54, 1.807) is 24.4 Å². The molecule has 2 N–H and O–H groups in total. The molecule has 0 fully saturated rings. The van der Waals surface area contributed by atoms with E-state index in [0.717, 1.165) is 0 Å². The van der Waals surface area contributed by atoms with E-state index in [-0.39, 0.29) is 29.9 Å². The molecule has 7 nitrogen and oxygen atoms in total. The fraction of sp³-hybridized carbons (Fsp3) is 0.231. The summed E-state index contributed by atoms with van der Waals surface area (Å²) in [5.41, 5.74) is 0.785. The minimum absolute atomic E-state index is 0.0254. The van der Waals surface area contributed by atoms with Gasteiger partial charge in [0.2, 0.25) is 0 Å². The number of hydrogen-bond acceptors (Lipinski definition) is 6. The van der Waals surface area contributed by atoms with E-state index in [9.17, 15) is 14.9 Å². The molecule has 0 radical (unpaired) electrons. The second-order valence-corrected chi connectivity index (χ2v) is 5.26. The lowest BCUT2D eigenvalue weighted by Crippen LogP contribution is -2.35. The molecule has 8 heteroatoms. The molecule has 1 unspecified atom stereocenters. The number of aliphatic hydroxyl groups excluding tert-OH is 1. The molecule has 1 aromatic carbocycles. The van der Waals surface area contributed by atoms with Crippen molar-refractivity contribution in [2.24, 2.45) is 0 Å². The fourth-order valence-corrected chi connectivity index (χ4v) is 2.40. The molecule has 0 aliphatic heterocycles. The Balaban J connectivity index is 2.22. The number of carbonyl (C=O) groups is 1. The van der Waals surface area contributed by atoms with E-state index in [0.29, 0.717) is 10.6 Å². The second-order valence-electron chi connectivity index (χ2n) is 4.40. The number of non-ortho nitro benzene ring substituents is 1. The van der Waals surface area contributed by atoms with Crippen molar-refractivity contribution in [1.29, 1.82) is 0 Å². The summed E-state index contributed by atoms with van der Waals surface area (Å²) in [6, 6.07) is 5.72. The van der Waals surface area contributed by atoms with Crippen molar-refractivity contribution in [3.05, 3.63) is 45.5 Å². The molecular formula is C13H13N3O4S. The SMILES string of the molecule is CC(CO)NC(=O)c1csc(-c2cccc([N+](=O)[O-])c2)n1. The Morgan fingerprint density at radius 2 is 2.33 bits per heavy atom. The largest absolute Gasteiger partial charge is 0.394 e. The van der Waals surface area contributed by atoms with Crippen LogP contribution in [0.3, 0.4) is 0 Å². The molecule has 21 heavy (non-hydrogen) atoms. The summed E-state index contributed by atoms with van der Waals surface area (Å²) in [4.78, 5) is 26.3. The Kier molecular flexibility index (Phi) is 4.61. The number of thiazole rings is 1. The van der Waals surface area contributed by atoms with E-state index in [1.165, 1.54) is 23.5 Å². The number of nitrogens with one attached hydrogen (secondary N) is 1. The molecule has 0 aliphatic carbocycles. The summed E-state index contributed by atoms with van der Waals surface area (Å²) >= 11 is 1.23. The Morgan fingerprint density at radius 3 is 3.00 bits per heavy atom. The van der Waals surface area contributed by atoms with E-state index in [4.69, 9.17) is 5.11 Å². The van der Waals surface area contributed by atoms with Crippen LogP contribution < -0.4 is 5.32 Å². The van der Waals surface area contributed by atoms with Gasteiger partial charge >= 0.3 is 0 Å². The maximum Gasteiger partial charge on any atom is 0.271 e. The number of amides is 1. The van der Waals surface area contributed by atoms with Gasteiger partial charge in [-0.25, -0.2) is 4.98 Å². The number of aromatic nitrogens is 1. The van der Waals surface area contributed by atoms with Crippen molar-refractivity contribution in [2.75, 3.05) is 6.61 Å². The molecule has 0 bridgehead atoms. The van der Waals surface area contributed by atoms with Crippen molar-refractivity contribution < 1.29 is 14.8 Å². The molecule has 1 aromatic heterocycles. The molecule has 0 saturated carbocycles. The topological polar surface area (TPSA) is 105 Å². The lowest BCUT2D eigenvalue weighted by atomic mass is 10.2. The maximum atomic E-state index is 11.8. The molecule has 2 aromatic rings. The minimum atomic E-state index is -0.479. The maximum absolute atomic E-state index is 11.8. The molecule has 1 atom stereocenters. The van der Waals surface area contributed by atoms with Crippen LogP contribution in [0.2, 0.25) is 0 Å². The van der Waals surface area contributed by atoms with Crippen LogP contribution in [0.1, 0.15) is 17.4 Å². The average molecular weight is 307 g/mol. The first-order valence-electron chi connectivity index (χ1n) is 6.13. The Labute approximate surface area is 124 Å². The number of carbonyl (C=O) groups excluding carboxylic acids is 1. The van der Waals surface area contributed by atoms with Gasteiger partial charge in [0.1, 0.15) is 10.7 Å². The zero-order valence-corrected chi connectivity index (χ0v) is 12.0. The quantitative estimate of drug-likeness (QED) is 0.647. The van der Waals surface area contributed by atoms with E-state index in [1.807, 2.05) is 0 Å². The molecular weight excluding hydrogens is 294 g/mol. The van der Waals surface area contributed by atoms with Gasteiger partial charge in [0, 0.05) is 29.1 Å².